The molecule has 9 nitrogen and oxygen atoms in total. The van der Waals surface area contributed by atoms with E-state index in [1.807, 2.05) is 17.5 Å². The fourth-order valence-corrected chi connectivity index (χ4v) is 3.79. The van der Waals surface area contributed by atoms with Crippen molar-refractivity contribution in [2.45, 2.75) is 25.3 Å². The molecular weight excluding hydrogens is 380 g/mol. The minimum Gasteiger partial charge on any atom is -0.330 e. The van der Waals surface area contributed by atoms with E-state index >= 15 is 0 Å². The van der Waals surface area contributed by atoms with Gasteiger partial charge in [0, 0.05) is 29.4 Å². The van der Waals surface area contributed by atoms with E-state index in [-0.39, 0.29) is 17.8 Å². The van der Waals surface area contributed by atoms with E-state index in [4.69, 9.17) is 4.52 Å². The van der Waals surface area contributed by atoms with Gasteiger partial charge in [0.15, 0.2) is 0 Å². The van der Waals surface area contributed by atoms with Crippen molar-refractivity contribution in [2.24, 2.45) is 0 Å². The van der Waals surface area contributed by atoms with Crippen LogP contribution in [0.5, 0.6) is 0 Å². The maximum atomic E-state index is 12.5. The van der Waals surface area contributed by atoms with E-state index in [1.165, 1.54) is 11.3 Å². The standard InChI is InChI=1S/C18H18N6O3S/c25-15(11-13-3-2-10-28-13)24-9-1-4-14(24)17(26)21-22-18-20-16(23-27-18)12-5-7-19-8-6-12/h2-3,5-8,10,14H,1,4,9,11H2,(H,21,26)(H,20,22,23). The van der Waals surface area contributed by atoms with Gasteiger partial charge in [0.1, 0.15) is 6.04 Å². The number of carbonyl (C=O) groups excluding carboxylic acids is 2. The summed E-state index contributed by atoms with van der Waals surface area (Å²) in [5.74, 6) is 0.0336. The van der Waals surface area contributed by atoms with Crippen LogP contribution in [-0.4, -0.2) is 44.4 Å². The monoisotopic (exact) mass is 398 g/mol. The Bertz CT molecular complexity index is 943. The number of nitrogens with zero attached hydrogens (tertiary/aromatic N) is 4. The summed E-state index contributed by atoms with van der Waals surface area (Å²) in [6.45, 7) is 0.578. The molecule has 0 spiro atoms. The molecule has 0 radical (unpaired) electrons. The van der Waals surface area contributed by atoms with Crippen LogP contribution in [0.25, 0.3) is 11.4 Å². The Kier molecular flexibility index (Phi) is 5.29. The second-order valence-electron chi connectivity index (χ2n) is 6.27. The van der Waals surface area contributed by atoms with Crippen LogP contribution in [0.3, 0.4) is 0 Å². The van der Waals surface area contributed by atoms with Gasteiger partial charge in [-0.05, 0) is 36.4 Å². The first kappa shape index (κ1) is 18.1. The molecule has 1 aliphatic heterocycles. The third-order valence-corrected chi connectivity index (χ3v) is 5.31. The van der Waals surface area contributed by atoms with E-state index < -0.39 is 6.04 Å². The van der Waals surface area contributed by atoms with Crippen molar-refractivity contribution in [3.8, 4) is 11.4 Å². The van der Waals surface area contributed by atoms with Crippen LogP contribution in [0.1, 0.15) is 17.7 Å². The van der Waals surface area contributed by atoms with Crippen molar-refractivity contribution < 1.29 is 14.1 Å². The second kappa shape index (κ2) is 8.17. The molecule has 1 fully saturated rings. The lowest BCUT2D eigenvalue weighted by Crippen LogP contribution is -2.47. The molecule has 0 aromatic carbocycles. The third kappa shape index (κ3) is 4.01. The number of nitrogens with one attached hydrogen (secondary N) is 2. The van der Waals surface area contributed by atoms with Gasteiger partial charge in [-0.1, -0.05) is 11.2 Å². The highest BCUT2D eigenvalue weighted by Crippen LogP contribution is 2.20. The lowest BCUT2D eigenvalue weighted by Gasteiger charge is -2.23. The van der Waals surface area contributed by atoms with E-state index in [9.17, 15) is 9.59 Å². The zero-order valence-corrected chi connectivity index (χ0v) is 15.7. The van der Waals surface area contributed by atoms with Gasteiger partial charge in [-0.2, -0.15) is 4.98 Å². The number of likely N-dealkylation sites (tertiary alicyclic amines) is 1. The smallest absolute Gasteiger partial charge is 0.330 e. The molecule has 4 heterocycles. The van der Waals surface area contributed by atoms with E-state index in [2.05, 4.69) is 26.0 Å². The van der Waals surface area contributed by atoms with Crippen molar-refractivity contribution in [1.82, 2.24) is 25.5 Å². The average molecular weight is 398 g/mol. The Balaban J connectivity index is 1.34. The first-order valence-electron chi connectivity index (χ1n) is 8.82. The number of hydrazine groups is 1. The molecule has 2 N–H and O–H groups in total. The molecule has 0 bridgehead atoms. The molecular formula is C18H18N6O3S. The zero-order chi connectivity index (χ0) is 19.3. The molecule has 3 aromatic heterocycles. The minimum absolute atomic E-state index is 0.0436. The fourth-order valence-electron chi connectivity index (χ4n) is 3.09. The molecule has 1 aliphatic rings. The summed E-state index contributed by atoms with van der Waals surface area (Å²) in [6, 6.07) is 6.89. The molecule has 0 aliphatic carbocycles. The number of carbonyl (C=O) groups is 2. The van der Waals surface area contributed by atoms with Crippen molar-refractivity contribution in [3.63, 3.8) is 0 Å². The van der Waals surface area contributed by atoms with Gasteiger partial charge in [0.05, 0.1) is 6.42 Å². The minimum atomic E-state index is -0.512. The number of anilines is 1. The number of aromatic nitrogens is 3. The van der Waals surface area contributed by atoms with E-state index in [0.717, 1.165) is 16.9 Å². The van der Waals surface area contributed by atoms with E-state index in [0.29, 0.717) is 25.2 Å². The largest absolute Gasteiger partial charge is 0.340 e. The molecule has 10 heteroatoms. The predicted molar refractivity (Wildman–Crippen MR) is 102 cm³/mol. The van der Waals surface area contributed by atoms with Crippen LogP contribution >= 0.6 is 11.3 Å². The second-order valence-corrected chi connectivity index (χ2v) is 7.31. The SMILES string of the molecule is O=C(NNc1nc(-c2ccncc2)no1)C1CCCN1C(=O)Cc1cccs1. The van der Waals surface area contributed by atoms with Crippen molar-refractivity contribution in [2.75, 3.05) is 12.0 Å². The number of hydrogen-bond donors (Lipinski definition) is 2. The normalized spacial score (nSPS) is 16.1. The molecule has 0 saturated carbocycles. The molecule has 1 unspecified atom stereocenters. The predicted octanol–water partition coefficient (Wildman–Crippen LogP) is 1.87. The maximum Gasteiger partial charge on any atom is 0.340 e. The summed E-state index contributed by atoms with van der Waals surface area (Å²) < 4.78 is 5.09. The van der Waals surface area contributed by atoms with Crippen LogP contribution in [0.4, 0.5) is 6.01 Å². The summed E-state index contributed by atoms with van der Waals surface area (Å²) in [7, 11) is 0. The van der Waals surface area contributed by atoms with Crippen LogP contribution in [0.2, 0.25) is 0 Å². The number of hydrogen-bond acceptors (Lipinski definition) is 8. The van der Waals surface area contributed by atoms with Gasteiger partial charge < -0.3 is 9.42 Å². The maximum absolute atomic E-state index is 12.5. The van der Waals surface area contributed by atoms with Gasteiger partial charge in [0.2, 0.25) is 11.7 Å². The third-order valence-electron chi connectivity index (χ3n) is 4.44. The fraction of sp³-hybridized carbons (Fsp3) is 0.278. The molecule has 3 aromatic rings. The Hall–Kier alpha value is -3.27. The van der Waals surface area contributed by atoms with Crippen LogP contribution in [-0.2, 0) is 16.0 Å². The average Bonchev–Trinajstić information content (AvgIpc) is 3.48. The Morgan fingerprint density at radius 1 is 1.29 bits per heavy atom. The van der Waals surface area contributed by atoms with Gasteiger partial charge in [-0.15, -0.1) is 11.3 Å². The summed E-state index contributed by atoms with van der Waals surface area (Å²) in [4.78, 5) is 35.8. The number of thiophene rings is 1. The first-order valence-corrected chi connectivity index (χ1v) is 9.70. The summed E-state index contributed by atoms with van der Waals surface area (Å²) >= 11 is 1.54. The van der Waals surface area contributed by atoms with Gasteiger partial charge in [-0.3, -0.25) is 20.0 Å². The first-order chi connectivity index (χ1) is 13.7. The Morgan fingerprint density at radius 2 is 2.14 bits per heavy atom. The van der Waals surface area contributed by atoms with Gasteiger partial charge >= 0.3 is 6.01 Å². The topological polar surface area (TPSA) is 113 Å². The Morgan fingerprint density at radius 3 is 2.93 bits per heavy atom. The molecule has 2 amide bonds. The van der Waals surface area contributed by atoms with Crippen LogP contribution < -0.4 is 10.9 Å². The quantitative estimate of drug-likeness (QED) is 0.609. The molecule has 1 atom stereocenters. The molecule has 4 rings (SSSR count). The van der Waals surface area contributed by atoms with Gasteiger partial charge in [0.25, 0.3) is 5.91 Å². The zero-order valence-electron chi connectivity index (χ0n) is 14.9. The van der Waals surface area contributed by atoms with Crippen molar-refractivity contribution in [1.29, 1.82) is 0 Å². The highest BCUT2D eigenvalue weighted by molar-refractivity contribution is 7.10. The Labute approximate surface area is 164 Å². The highest BCUT2D eigenvalue weighted by Gasteiger charge is 2.34. The lowest BCUT2D eigenvalue weighted by molar-refractivity contribution is -0.137. The summed E-state index contributed by atoms with van der Waals surface area (Å²) in [5, 5.41) is 5.79. The number of pyridine rings is 1. The molecule has 1 saturated heterocycles. The molecule has 28 heavy (non-hydrogen) atoms. The van der Waals surface area contributed by atoms with Gasteiger partial charge in [-0.25, -0.2) is 5.43 Å². The summed E-state index contributed by atoms with van der Waals surface area (Å²) in [5.41, 5.74) is 5.94. The number of rotatable bonds is 6. The van der Waals surface area contributed by atoms with E-state index in [1.54, 1.807) is 29.4 Å². The summed E-state index contributed by atoms with van der Waals surface area (Å²) in [6.07, 6.45) is 4.98. The van der Waals surface area contributed by atoms with Crippen molar-refractivity contribution >= 4 is 29.2 Å². The van der Waals surface area contributed by atoms with Crippen LogP contribution in [0, 0.1) is 0 Å². The van der Waals surface area contributed by atoms with Crippen molar-refractivity contribution in [3.05, 3.63) is 46.9 Å². The number of amides is 2. The molecule has 144 valence electrons. The lowest BCUT2D eigenvalue weighted by atomic mass is 10.2. The highest BCUT2D eigenvalue weighted by atomic mass is 32.1. The van der Waals surface area contributed by atoms with Crippen LogP contribution in [0.15, 0.2) is 46.6 Å².